The number of hydrogen-bond donors (Lipinski definition) is 6. The molecule has 0 aromatic heterocycles. The maximum atomic E-state index is 12.1. The number of likely N-dealkylation sites (N-methyl/N-ethyl adjacent to an activating group) is 2. The van der Waals surface area contributed by atoms with Crippen LogP contribution in [0.3, 0.4) is 0 Å². The van der Waals surface area contributed by atoms with E-state index in [2.05, 4.69) is 61.9 Å². The van der Waals surface area contributed by atoms with E-state index in [1.165, 1.54) is 11.3 Å². The van der Waals surface area contributed by atoms with Gasteiger partial charge >= 0.3 is 5.97 Å². The van der Waals surface area contributed by atoms with Crippen molar-refractivity contribution in [2.45, 2.75) is 94.2 Å². The quantitative estimate of drug-likeness (QED) is 0.167. The molecule has 12 nitrogen and oxygen atoms in total. The Labute approximate surface area is 252 Å². The number of carboxylic acid groups (broad SMARTS) is 2. The zero-order chi connectivity index (χ0) is 31.6. The minimum absolute atomic E-state index is 0.171. The Morgan fingerprint density at radius 2 is 1.74 bits per heavy atom. The van der Waals surface area contributed by atoms with E-state index >= 15 is 0 Å². The van der Waals surface area contributed by atoms with Gasteiger partial charge < -0.3 is 50.3 Å². The fraction of sp³-hybridized carbons (Fsp3) is 0.742. The number of anilines is 1. The molecule has 1 spiro atoms. The molecule has 1 aromatic carbocycles. The SMILES string of the molecule is CC[C@H]1C2C[C@H]3[C@@H]4N(C)c5ccccc5[C@]45C[C@@H]([C@@H]2[C@H]5O)[N@@+]3(CC(O)CN(CC)CC)[C@@H]1O.O=C([O-])[C@H](O)[C@@H](O)C(=O)O. The van der Waals surface area contributed by atoms with E-state index in [1.54, 1.807) is 0 Å². The largest absolute Gasteiger partial charge is 0.547 e. The number of quaternary nitrogens is 1. The van der Waals surface area contributed by atoms with Gasteiger partial charge in [-0.05, 0) is 37.1 Å². The van der Waals surface area contributed by atoms with Crippen LogP contribution < -0.4 is 10.0 Å². The smallest absolute Gasteiger partial charge is 0.335 e. The fourth-order valence-corrected chi connectivity index (χ4v) is 10.2. The van der Waals surface area contributed by atoms with Crippen molar-refractivity contribution in [1.82, 2.24) is 4.90 Å². The number of rotatable bonds is 10. The normalized spacial score (nSPS) is 40.0. The number of fused-ring (bicyclic) bond motifs is 2. The molecule has 2 unspecified atom stereocenters. The highest BCUT2D eigenvalue weighted by molar-refractivity contribution is 5.82. The van der Waals surface area contributed by atoms with Gasteiger partial charge in [-0.1, -0.05) is 39.0 Å². The van der Waals surface area contributed by atoms with Crippen molar-refractivity contribution in [3.63, 3.8) is 0 Å². The first-order chi connectivity index (χ1) is 20.3. The average Bonchev–Trinajstić information content (AvgIpc) is 3.37. The Morgan fingerprint density at radius 3 is 2.30 bits per heavy atom. The van der Waals surface area contributed by atoms with E-state index < -0.39 is 36.5 Å². The molecule has 12 heteroatoms. The number of carboxylic acids is 2. The molecule has 6 aliphatic rings. The number of benzene rings is 1. The molecule has 5 heterocycles. The highest BCUT2D eigenvalue weighted by atomic mass is 16.4. The first-order valence-corrected chi connectivity index (χ1v) is 15.6. The summed E-state index contributed by atoms with van der Waals surface area (Å²) in [6.45, 7) is 9.58. The number of piperidine rings is 4. The topological polar surface area (TPSA) is 185 Å². The summed E-state index contributed by atoms with van der Waals surface area (Å²) in [7, 11) is 2.19. The molecule has 1 aromatic rings. The van der Waals surface area contributed by atoms with Crippen LogP contribution in [0.1, 0.15) is 45.6 Å². The minimum Gasteiger partial charge on any atom is -0.547 e. The zero-order valence-corrected chi connectivity index (χ0v) is 25.4. The van der Waals surface area contributed by atoms with E-state index in [9.17, 15) is 30.0 Å². The molecular weight excluding hydrogens is 558 g/mol. The molecule has 240 valence electrons. The lowest BCUT2D eigenvalue weighted by Crippen LogP contribution is -2.84. The summed E-state index contributed by atoms with van der Waals surface area (Å²) in [6.07, 6.45) is -3.11. The second-order valence-corrected chi connectivity index (χ2v) is 13.2. The predicted octanol–water partition coefficient (Wildman–Crippen LogP) is -1.69. The number of carbonyl (C=O) groups excluding carboxylic acids is 1. The van der Waals surface area contributed by atoms with Crippen molar-refractivity contribution in [3.8, 4) is 0 Å². The standard InChI is InChI=1S/C27H42N3O3.C4H6O6/c1-5-17-18-12-21-24-27(19-10-8-9-11-20(19)28(24)4)13-22(23(18)25(27)32)30(21,26(17)33)15-16(31)14-29(6-2)7-3;5-1(3(7)8)2(6)4(9)10/h8-11,16-18,21-26,31-33H,5-7,12-15H2,1-4H3;1-2,5-6H,(H,7,8)(H,9,10)/q+1;/p-1/t16?,17-,18?,21-,22-,23+,24-,25+,26+,27+,30-;1-,2-/m01/s1. The van der Waals surface area contributed by atoms with Gasteiger partial charge in [0.15, 0.2) is 12.3 Å². The number of aliphatic hydroxyl groups excluding tert-OH is 5. The Kier molecular flexibility index (Phi) is 8.62. The molecule has 4 saturated heterocycles. The van der Waals surface area contributed by atoms with Crippen molar-refractivity contribution < 1.29 is 49.8 Å². The molecule has 7 rings (SSSR count). The van der Waals surface area contributed by atoms with Crippen molar-refractivity contribution in [1.29, 1.82) is 0 Å². The first kappa shape index (κ1) is 32.1. The van der Waals surface area contributed by atoms with Gasteiger partial charge in [-0.15, -0.1) is 0 Å². The van der Waals surface area contributed by atoms with E-state index in [0.29, 0.717) is 23.5 Å². The monoisotopic (exact) mass is 605 g/mol. The van der Waals surface area contributed by atoms with Crippen LogP contribution in [0.15, 0.2) is 24.3 Å². The molecule has 43 heavy (non-hydrogen) atoms. The van der Waals surface area contributed by atoms with Crippen LogP contribution in [0.5, 0.6) is 0 Å². The first-order valence-electron chi connectivity index (χ1n) is 15.6. The molecule has 5 fully saturated rings. The lowest BCUT2D eigenvalue weighted by atomic mass is 9.60. The molecule has 0 amide bonds. The van der Waals surface area contributed by atoms with Gasteiger partial charge in [0, 0.05) is 44.0 Å². The lowest BCUT2D eigenvalue weighted by Gasteiger charge is -2.68. The Hall–Kier alpha value is -2.32. The summed E-state index contributed by atoms with van der Waals surface area (Å²) in [6, 6.07) is 9.31. The maximum absolute atomic E-state index is 12.1. The van der Waals surface area contributed by atoms with E-state index in [1.807, 2.05) is 0 Å². The number of aliphatic hydroxyl groups is 5. The number of carbonyl (C=O) groups is 2. The zero-order valence-electron chi connectivity index (χ0n) is 25.4. The molecular formula is C31H47N3O9. The van der Waals surface area contributed by atoms with Gasteiger partial charge in [-0.2, -0.15) is 0 Å². The summed E-state index contributed by atoms with van der Waals surface area (Å²) < 4.78 is 0.601. The molecule has 5 aliphatic heterocycles. The van der Waals surface area contributed by atoms with E-state index in [4.69, 9.17) is 15.3 Å². The summed E-state index contributed by atoms with van der Waals surface area (Å²) in [4.78, 5) is 24.1. The van der Waals surface area contributed by atoms with Crippen LogP contribution in [0.25, 0.3) is 0 Å². The van der Waals surface area contributed by atoms with Gasteiger partial charge in [-0.25, -0.2) is 4.79 Å². The molecule has 5 bridgehead atoms. The average molecular weight is 606 g/mol. The molecule has 6 N–H and O–H groups in total. The second kappa shape index (κ2) is 11.6. The third kappa shape index (κ3) is 4.44. The lowest BCUT2D eigenvalue weighted by molar-refractivity contribution is -1.04. The Balaban J connectivity index is 0.000000319. The summed E-state index contributed by atoms with van der Waals surface area (Å²) in [5.41, 5.74) is 2.32. The van der Waals surface area contributed by atoms with E-state index in [0.717, 1.165) is 32.4 Å². The van der Waals surface area contributed by atoms with Gasteiger partial charge in [0.05, 0.1) is 29.6 Å². The van der Waals surface area contributed by atoms with Crippen LogP contribution >= 0.6 is 0 Å². The van der Waals surface area contributed by atoms with Gasteiger partial charge in [0.2, 0.25) is 0 Å². The van der Waals surface area contributed by atoms with Crippen LogP contribution in [0.4, 0.5) is 5.69 Å². The number of hydrogen-bond acceptors (Lipinski definition) is 10. The number of para-hydroxylation sites is 1. The molecule has 0 radical (unpaired) electrons. The van der Waals surface area contributed by atoms with Gasteiger partial charge in [0.25, 0.3) is 0 Å². The third-order valence-corrected chi connectivity index (χ3v) is 11.8. The number of nitrogens with zero attached hydrogens (tertiary/aromatic N) is 3. The highest BCUT2D eigenvalue weighted by Gasteiger charge is 2.83. The van der Waals surface area contributed by atoms with Crippen molar-refractivity contribution in [2.75, 3.05) is 38.1 Å². The minimum atomic E-state index is -2.38. The van der Waals surface area contributed by atoms with Crippen molar-refractivity contribution >= 4 is 17.6 Å². The van der Waals surface area contributed by atoms with Crippen molar-refractivity contribution in [2.24, 2.45) is 17.8 Å². The summed E-state index contributed by atoms with van der Waals surface area (Å²) in [5.74, 6) is -3.04. The number of aliphatic carboxylic acids is 2. The van der Waals surface area contributed by atoms with Crippen LogP contribution in [-0.4, -0.2) is 134 Å². The van der Waals surface area contributed by atoms with Crippen LogP contribution in [-0.2, 0) is 15.0 Å². The van der Waals surface area contributed by atoms with Crippen LogP contribution in [0.2, 0.25) is 0 Å². The second-order valence-electron chi connectivity index (χ2n) is 13.2. The van der Waals surface area contributed by atoms with Gasteiger partial charge in [-0.3, -0.25) is 4.48 Å². The molecule has 1 saturated carbocycles. The van der Waals surface area contributed by atoms with Crippen LogP contribution in [0, 0.1) is 17.8 Å². The predicted molar refractivity (Wildman–Crippen MR) is 153 cm³/mol. The summed E-state index contributed by atoms with van der Waals surface area (Å²) in [5, 5.41) is 69.6. The van der Waals surface area contributed by atoms with Gasteiger partial charge in [0.1, 0.15) is 24.8 Å². The summed E-state index contributed by atoms with van der Waals surface area (Å²) >= 11 is 0. The third-order valence-electron chi connectivity index (χ3n) is 11.8. The van der Waals surface area contributed by atoms with Crippen molar-refractivity contribution in [3.05, 3.63) is 29.8 Å². The Morgan fingerprint density at radius 1 is 1.09 bits per heavy atom. The Bertz CT molecular complexity index is 1200. The molecule has 1 aliphatic carbocycles. The fourth-order valence-electron chi connectivity index (χ4n) is 10.2. The highest BCUT2D eigenvalue weighted by Crippen LogP contribution is 2.71. The molecule has 13 atom stereocenters. The van der Waals surface area contributed by atoms with E-state index in [-0.39, 0.29) is 41.5 Å². The maximum Gasteiger partial charge on any atom is 0.335 e.